The molecular formula is C10H21N5. The van der Waals surface area contributed by atoms with Crippen LogP contribution in [0.2, 0.25) is 0 Å². The average Bonchev–Trinajstić information content (AvgIpc) is 2.53. The minimum atomic E-state index is -0.103. The third kappa shape index (κ3) is 2.19. The number of nitrogens with two attached hydrogens (primary N) is 1. The van der Waals surface area contributed by atoms with Gasteiger partial charge < -0.3 is 9.47 Å². The summed E-state index contributed by atoms with van der Waals surface area (Å²) in [4.78, 5) is 6.46. The van der Waals surface area contributed by atoms with Crippen LogP contribution in [0.4, 0.5) is 0 Å². The van der Waals surface area contributed by atoms with E-state index in [0.717, 1.165) is 5.82 Å². The molecule has 0 fully saturated rings. The highest BCUT2D eigenvalue weighted by atomic mass is 15.3. The van der Waals surface area contributed by atoms with Gasteiger partial charge in [-0.25, -0.2) is 10.4 Å². The molecule has 0 bridgehead atoms. The van der Waals surface area contributed by atoms with E-state index >= 15 is 0 Å². The molecule has 15 heavy (non-hydrogen) atoms. The fourth-order valence-electron chi connectivity index (χ4n) is 1.51. The molecule has 1 heterocycles. The predicted octanol–water partition coefficient (Wildman–Crippen LogP) is 0.265. The van der Waals surface area contributed by atoms with Crippen LogP contribution in [-0.2, 0) is 7.05 Å². The zero-order chi connectivity index (χ0) is 11.6. The van der Waals surface area contributed by atoms with Crippen LogP contribution in [0.3, 0.4) is 0 Å². The van der Waals surface area contributed by atoms with Crippen molar-refractivity contribution in [2.24, 2.45) is 12.9 Å². The summed E-state index contributed by atoms with van der Waals surface area (Å²) in [7, 11) is 6.04. The van der Waals surface area contributed by atoms with Crippen molar-refractivity contribution in [3.8, 4) is 0 Å². The van der Waals surface area contributed by atoms with Crippen LogP contribution in [0.25, 0.3) is 0 Å². The Kier molecular flexibility index (Phi) is 3.49. The van der Waals surface area contributed by atoms with Gasteiger partial charge in [0.15, 0.2) is 0 Å². The second-order valence-electron chi connectivity index (χ2n) is 4.54. The van der Waals surface area contributed by atoms with Gasteiger partial charge in [-0.3, -0.25) is 5.84 Å². The first kappa shape index (κ1) is 12.2. The van der Waals surface area contributed by atoms with E-state index in [1.54, 1.807) is 6.20 Å². The molecule has 0 saturated heterocycles. The SMILES string of the molecule is CN(C)C(C)(C)C(NN)c1nccn1C. The van der Waals surface area contributed by atoms with Crippen molar-refractivity contribution in [3.05, 3.63) is 18.2 Å². The molecule has 0 radical (unpaired) electrons. The lowest BCUT2D eigenvalue weighted by molar-refractivity contribution is 0.132. The fourth-order valence-corrected chi connectivity index (χ4v) is 1.51. The Hall–Kier alpha value is -0.910. The molecule has 0 aliphatic carbocycles. The summed E-state index contributed by atoms with van der Waals surface area (Å²) in [5.74, 6) is 6.57. The highest BCUT2D eigenvalue weighted by Crippen LogP contribution is 2.27. The summed E-state index contributed by atoms with van der Waals surface area (Å²) >= 11 is 0. The van der Waals surface area contributed by atoms with Crippen LogP contribution in [0, 0.1) is 0 Å². The fraction of sp³-hybridized carbons (Fsp3) is 0.700. The van der Waals surface area contributed by atoms with E-state index in [2.05, 4.69) is 29.2 Å². The number of rotatable bonds is 4. The quantitative estimate of drug-likeness (QED) is 0.554. The molecule has 3 N–H and O–H groups in total. The van der Waals surface area contributed by atoms with E-state index in [9.17, 15) is 0 Å². The van der Waals surface area contributed by atoms with Crippen molar-refractivity contribution >= 4 is 0 Å². The largest absolute Gasteiger partial charge is 0.337 e. The number of hydrazine groups is 1. The first-order valence-corrected chi connectivity index (χ1v) is 5.02. The molecule has 0 aromatic carbocycles. The molecule has 0 amide bonds. The van der Waals surface area contributed by atoms with Gasteiger partial charge in [0.1, 0.15) is 5.82 Å². The smallest absolute Gasteiger partial charge is 0.128 e. The highest BCUT2D eigenvalue weighted by Gasteiger charge is 2.34. The molecule has 1 unspecified atom stereocenters. The number of likely N-dealkylation sites (N-methyl/N-ethyl adjacent to an activating group) is 1. The van der Waals surface area contributed by atoms with Crippen LogP contribution in [-0.4, -0.2) is 34.1 Å². The van der Waals surface area contributed by atoms with Gasteiger partial charge in [0.05, 0.1) is 6.04 Å². The van der Waals surface area contributed by atoms with Crippen LogP contribution in [0.1, 0.15) is 25.7 Å². The number of aromatic nitrogens is 2. The maximum absolute atomic E-state index is 5.63. The zero-order valence-corrected chi connectivity index (χ0v) is 10.2. The van der Waals surface area contributed by atoms with E-state index in [1.165, 1.54) is 0 Å². The van der Waals surface area contributed by atoms with E-state index in [4.69, 9.17) is 5.84 Å². The van der Waals surface area contributed by atoms with E-state index in [0.29, 0.717) is 0 Å². The van der Waals surface area contributed by atoms with Crippen molar-refractivity contribution in [3.63, 3.8) is 0 Å². The lowest BCUT2D eigenvalue weighted by Crippen LogP contribution is -2.52. The zero-order valence-electron chi connectivity index (χ0n) is 10.2. The van der Waals surface area contributed by atoms with Crippen molar-refractivity contribution in [2.45, 2.75) is 25.4 Å². The van der Waals surface area contributed by atoms with Crippen molar-refractivity contribution in [2.75, 3.05) is 14.1 Å². The lowest BCUT2D eigenvalue weighted by atomic mass is 9.93. The Morgan fingerprint density at radius 1 is 1.53 bits per heavy atom. The minimum absolute atomic E-state index is 0.00694. The molecular weight excluding hydrogens is 190 g/mol. The topological polar surface area (TPSA) is 59.1 Å². The van der Waals surface area contributed by atoms with Crippen molar-refractivity contribution in [1.82, 2.24) is 19.9 Å². The molecule has 5 heteroatoms. The second-order valence-corrected chi connectivity index (χ2v) is 4.54. The second kappa shape index (κ2) is 4.30. The van der Waals surface area contributed by atoms with E-state index < -0.39 is 0 Å². The van der Waals surface area contributed by atoms with Crippen molar-refractivity contribution in [1.29, 1.82) is 0 Å². The highest BCUT2D eigenvalue weighted by molar-refractivity contribution is 5.06. The molecule has 0 saturated carbocycles. The summed E-state index contributed by atoms with van der Waals surface area (Å²) in [6.45, 7) is 4.26. The molecule has 5 nitrogen and oxygen atoms in total. The standard InChI is InChI=1S/C10H21N5/c1-10(2,14(3)4)8(13-11)9-12-6-7-15(9)5/h6-8,13H,11H2,1-5H3. The van der Waals surface area contributed by atoms with E-state index in [1.807, 2.05) is 31.9 Å². The number of imidazole rings is 1. The minimum Gasteiger partial charge on any atom is -0.337 e. The summed E-state index contributed by atoms with van der Waals surface area (Å²) < 4.78 is 1.98. The van der Waals surface area contributed by atoms with Gasteiger partial charge in [0, 0.05) is 25.0 Å². The normalized spacial score (nSPS) is 14.6. The Labute approximate surface area is 91.2 Å². The number of nitrogens with zero attached hydrogens (tertiary/aromatic N) is 3. The maximum Gasteiger partial charge on any atom is 0.128 e. The molecule has 86 valence electrons. The van der Waals surface area contributed by atoms with Gasteiger partial charge >= 0.3 is 0 Å². The summed E-state index contributed by atoms with van der Waals surface area (Å²) in [5.41, 5.74) is 2.74. The van der Waals surface area contributed by atoms with Crippen LogP contribution < -0.4 is 11.3 Å². The first-order valence-electron chi connectivity index (χ1n) is 5.02. The Bertz CT molecular complexity index is 315. The molecule has 0 aliphatic heterocycles. The molecule has 1 aromatic heterocycles. The Morgan fingerprint density at radius 3 is 2.47 bits per heavy atom. The van der Waals surface area contributed by atoms with Crippen molar-refractivity contribution < 1.29 is 0 Å². The monoisotopic (exact) mass is 211 g/mol. The number of aryl methyl sites for hydroxylation is 1. The van der Waals surface area contributed by atoms with Gasteiger partial charge in [-0.15, -0.1) is 0 Å². The van der Waals surface area contributed by atoms with Crippen LogP contribution >= 0.6 is 0 Å². The van der Waals surface area contributed by atoms with Gasteiger partial charge in [-0.1, -0.05) is 0 Å². The van der Waals surface area contributed by atoms with Gasteiger partial charge in [-0.05, 0) is 27.9 Å². The number of nitrogens with one attached hydrogen (secondary N) is 1. The predicted molar refractivity (Wildman–Crippen MR) is 61.0 cm³/mol. The molecule has 0 spiro atoms. The molecule has 1 aromatic rings. The first-order chi connectivity index (χ1) is 6.91. The maximum atomic E-state index is 5.63. The summed E-state index contributed by atoms with van der Waals surface area (Å²) in [5, 5.41) is 0. The summed E-state index contributed by atoms with van der Waals surface area (Å²) in [6, 6.07) is -0.00694. The average molecular weight is 211 g/mol. The van der Waals surface area contributed by atoms with E-state index in [-0.39, 0.29) is 11.6 Å². The Balaban J connectivity index is 3.04. The number of hydrogen-bond donors (Lipinski definition) is 2. The molecule has 1 atom stereocenters. The molecule has 1 rings (SSSR count). The third-order valence-electron chi connectivity index (χ3n) is 3.14. The van der Waals surface area contributed by atoms with Gasteiger partial charge in [-0.2, -0.15) is 0 Å². The van der Waals surface area contributed by atoms with Gasteiger partial charge in [0.25, 0.3) is 0 Å². The Morgan fingerprint density at radius 2 is 2.13 bits per heavy atom. The van der Waals surface area contributed by atoms with Gasteiger partial charge in [0.2, 0.25) is 0 Å². The molecule has 0 aliphatic rings. The summed E-state index contributed by atoms with van der Waals surface area (Å²) in [6.07, 6.45) is 3.71. The number of hydrogen-bond acceptors (Lipinski definition) is 4. The van der Waals surface area contributed by atoms with Crippen LogP contribution in [0.15, 0.2) is 12.4 Å². The third-order valence-corrected chi connectivity index (χ3v) is 3.14. The lowest BCUT2D eigenvalue weighted by Gasteiger charge is -2.39. The van der Waals surface area contributed by atoms with Crippen LogP contribution in [0.5, 0.6) is 0 Å².